The van der Waals surface area contributed by atoms with Gasteiger partial charge in [0, 0.05) is 43.0 Å². The number of benzene rings is 6. The van der Waals surface area contributed by atoms with Crippen molar-refractivity contribution in [2.75, 3.05) is 64.0 Å². The van der Waals surface area contributed by atoms with E-state index in [9.17, 15) is 14.4 Å². The molecular weight excluding hydrogens is 1020 g/mol. The maximum atomic E-state index is 13.7. The van der Waals surface area contributed by atoms with Gasteiger partial charge in [0.15, 0.2) is 71.1 Å². The van der Waals surface area contributed by atoms with Gasteiger partial charge in [0.1, 0.15) is 29.5 Å². The highest BCUT2D eigenvalue weighted by molar-refractivity contribution is 5.71. The second-order valence-corrected chi connectivity index (χ2v) is 18.5. The van der Waals surface area contributed by atoms with E-state index in [4.69, 9.17) is 75.8 Å². The minimum absolute atomic E-state index is 0.103. The topological polar surface area (TPSA) is 199 Å². The second-order valence-electron chi connectivity index (χ2n) is 18.5. The van der Waals surface area contributed by atoms with E-state index in [0.717, 1.165) is 0 Å². The lowest BCUT2D eigenvalue weighted by molar-refractivity contribution is -0.203. The van der Waals surface area contributed by atoms with Crippen LogP contribution >= 0.6 is 0 Å². The normalized spacial score (nSPS) is 21.5. The van der Waals surface area contributed by atoms with E-state index in [1.807, 2.05) is 12.1 Å². The molecule has 0 fully saturated rings. The van der Waals surface area contributed by atoms with E-state index in [0.29, 0.717) is 62.1 Å². The molecule has 0 N–H and O–H groups in total. The summed E-state index contributed by atoms with van der Waals surface area (Å²) in [5, 5.41) is 0. The van der Waals surface area contributed by atoms with E-state index in [1.54, 1.807) is 112 Å². The van der Waals surface area contributed by atoms with Gasteiger partial charge in [-0.1, -0.05) is 42.5 Å². The van der Waals surface area contributed by atoms with Crippen LogP contribution in [0.5, 0.6) is 69.0 Å². The van der Waals surface area contributed by atoms with Crippen molar-refractivity contribution in [2.24, 2.45) is 0 Å². The first kappa shape index (κ1) is 55.1. The van der Waals surface area contributed by atoms with E-state index in [1.165, 1.54) is 63.4 Å². The molecule has 3 heterocycles. The first-order valence-corrected chi connectivity index (χ1v) is 25.1. The molecule has 9 rings (SSSR count). The fourth-order valence-electron chi connectivity index (χ4n) is 10.7. The highest BCUT2D eigenvalue weighted by Gasteiger charge is 2.53. The summed E-state index contributed by atoms with van der Waals surface area (Å²) in [4.78, 5) is 40.7. The van der Waals surface area contributed by atoms with Gasteiger partial charge in [-0.3, -0.25) is 14.4 Å². The van der Waals surface area contributed by atoms with Gasteiger partial charge in [0.25, 0.3) is 0 Å². The number of esters is 3. The zero-order valence-corrected chi connectivity index (χ0v) is 45.8. The van der Waals surface area contributed by atoms with Crippen LogP contribution in [0, 0.1) is 0 Å². The van der Waals surface area contributed by atoms with Crippen LogP contribution in [-0.4, -0.2) is 100 Å². The van der Waals surface area contributed by atoms with Crippen LogP contribution < -0.4 is 56.8 Å². The maximum Gasteiger partial charge on any atom is 0.303 e. The van der Waals surface area contributed by atoms with Crippen molar-refractivity contribution in [3.63, 3.8) is 0 Å². The number of rotatable bonds is 18. The SMILES string of the molecule is COc1ccc(C2Oc3c(ccc(OC)c3OC)C(OC3c4cc(C5c6ccc(OC)c(OC)c6OC(c6ccc(OC)cc6)C5OC(C)=O)c(OC)c(OC)c4OC(c4ccc(OC)cc4)C3OC(C)=O)C2OC(C)=O)cc1. The van der Waals surface area contributed by atoms with Gasteiger partial charge in [-0.15, -0.1) is 0 Å². The van der Waals surface area contributed by atoms with Gasteiger partial charge >= 0.3 is 17.9 Å². The van der Waals surface area contributed by atoms with Gasteiger partial charge in [-0.25, -0.2) is 0 Å². The molecule has 3 aliphatic rings. The average molecular weight is 1090 g/mol. The number of ether oxygens (including phenoxy) is 16. The van der Waals surface area contributed by atoms with Crippen LogP contribution in [-0.2, 0) is 33.3 Å². The third-order valence-corrected chi connectivity index (χ3v) is 14.1. The summed E-state index contributed by atoms with van der Waals surface area (Å²) in [7, 11) is 13.6. The summed E-state index contributed by atoms with van der Waals surface area (Å²) in [6.07, 6.45) is -9.41. The molecule has 0 saturated carbocycles. The largest absolute Gasteiger partial charge is 0.497 e. The second kappa shape index (κ2) is 23.5. The van der Waals surface area contributed by atoms with E-state index < -0.39 is 72.7 Å². The highest BCUT2D eigenvalue weighted by Crippen LogP contribution is 2.61. The van der Waals surface area contributed by atoms with Crippen molar-refractivity contribution in [3.8, 4) is 69.0 Å². The van der Waals surface area contributed by atoms with Crippen LogP contribution in [0.25, 0.3) is 0 Å². The molecule has 9 atom stereocenters. The summed E-state index contributed by atoms with van der Waals surface area (Å²) < 4.78 is 101. The summed E-state index contributed by atoms with van der Waals surface area (Å²) in [5.74, 6) is 0.960. The van der Waals surface area contributed by atoms with Crippen molar-refractivity contribution >= 4 is 17.9 Å². The smallest absolute Gasteiger partial charge is 0.303 e. The van der Waals surface area contributed by atoms with Gasteiger partial charge in [-0.05, 0) is 77.4 Å². The average Bonchev–Trinajstić information content (AvgIpc) is 3.66. The number of carbonyl (C=O) groups excluding carboxylic acids is 3. The zero-order chi connectivity index (χ0) is 56.2. The quantitative estimate of drug-likeness (QED) is 0.0581. The lowest BCUT2D eigenvalue weighted by Gasteiger charge is -2.45. The minimum Gasteiger partial charge on any atom is -0.497 e. The Balaban J connectivity index is 1.35. The number of fused-ring (bicyclic) bond motifs is 3. The summed E-state index contributed by atoms with van der Waals surface area (Å²) in [6.45, 7) is 3.88. The molecule has 0 amide bonds. The molecule has 0 saturated heterocycles. The maximum absolute atomic E-state index is 13.7. The van der Waals surface area contributed by atoms with Crippen molar-refractivity contribution in [1.29, 1.82) is 0 Å². The van der Waals surface area contributed by atoms with E-state index in [2.05, 4.69) is 0 Å². The summed E-state index contributed by atoms with van der Waals surface area (Å²) in [6, 6.07) is 30.1. The van der Waals surface area contributed by atoms with E-state index >= 15 is 0 Å². The predicted molar refractivity (Wildman–Crippen MR) is 283 cm³/mol. The molecule has 0 bridgehead atoms. The molecule has 79 heavy (non-hydrogen) atoms. The van der Waals surface area contributed by atoms with Crippen molar-refractivity contribution < 1.29 is 90.2 Å². The van der Waals surface area contributed by atoms with Crippen LogP contribution in [0.4, 0.5) is 0 Å². The Morgan fingerprint density at radius 2 is 0.709 bits per heavy atom. The predicted octanol–water partition coefficient (Wildman–Crippen LogP) is 9.89. The first-order chi connectivity index (χ1) is 38.2. The molecule has 0 aliphatic carbocycles. The molecule has 416 valence electrons. The number of methoxy groups -OCH3 is 9. The summed E-state index contributed by atoms with van der Waals surface area (Å²) >= 11 is 0. The molecule has 0 radical (unpaired) electrons. The lowest BCUT2D eigenvalue weighted by Crippen LogP contribution is -2.44. The number of hydrogen-bond donors (Lipinski definition) is 0. The van der Waals surface area contributed by atoms with Gasteiger partial charge in [0.05, 0.1) is 69.9 Å². The molecule has 19 nitrogen and oxygen atoms in total. The Bertz CT molecular complexity index is 3180. The van der Waals surface area contributed by atoms with Crippen molar-refractivity contribution in [3.05, 3.63) is 142 Å². The van der Waals surface area contributed by atoms with E-state index in [-0.39, 0.29) is 45.8 Å². The van der Waals surface area contributed by atoms with Crippen LogP contribution in [0.15, 0.2) is 103 Å². The Kier molecular flexibility index (Phi) is 16.4. The van der Waals surface area contributed by atoms with Crippen LogP contribution in [0.2, 0.25) is 0 Å². The Morgan fingerprint density at radius 1 is 0.354 bits per heavy atom. The molecule has 6 aromatic rings. The standard InChI is InChI=1S/C60H62O19/c1-30(61)73-57-45(39-25-27-43(67-7)55(70-10)50(39)76-46(57)33-13-19-36(64-4)20-14-33)41-29-42-53(58(72-12)49(41)69-9)78-48(35-17-23-38(66-6)24-18-35)60(75-32(3)63)54(42)79-52-40-26-28-44(68-8)56(71-11)51(40)77-47(59(52)74-31(2)62)34-15-21-37(65-5)22-16-34/h13-29,45-48,52,54,57,59-60H,1-12H3. The third kappa shape index (κ3) is 10.4. The van der Waals surface area contributed by atoms with Gasteiger partial charge in [0.2, 0.25) is 17.2 Å². The van der Waals surface area contributed by atoms with Crippen LogP contribution in [0.3, 0.4) is 0 Å². The Labute approximate surface area is 457 Å². The van der Waals surface area contributed by atoms with Crippen molar-refractivity contribution in [2.45, 2.75) is 75.5 Å². The van der Waals surface area contributed by atoms with Crippen LogP contribution in [0.1, 0.15) is 96.2 Å². The lowest BCUT2D eigenvalue weighted by atomic mass is 9.77. The molecule has 3 aliphatic heterocycles. The molecule has 9 unspecified atom stereocenters. The van der Waals surface area contributed by atoms with Crippen molar-refractivity contribution in [1.82, 2.24) is 0 Å². The van der Waals surface area contributed by atoms with Gasteiger partial charge < -0.3 is 75.8 Å². The highest BCUT2D eigenvalue weighted by atomic mass is 16.6. The van der Waals surface area contributed by atoms with Gasteiger partial charge in [-0.2, -0.15) is 0 Å². The number of hydrogen-bond acceptors (Lipinski definition) is 19. The molecular formula is C60H62O19. The minimum atomic E-state index is -1.34. The molecule has 6 aromatic carbocycles. The third-order valence-electron chi connectivity index (χ3n) is 14.1. The number of carbonyl (C=O) groups is 3. The molecule has 19 heteroatoms. The fourth-order valence-corrected chi connectivity index (χ4v) is 10.7. The molecule has 0 spiro atoms. The Hall–Kier alpha value is -8.71. The zero-order valence-electron chi connectivity index (χ0n) is 45.8. The first-order valence-electron chi connectivity index (χ1n) is 25.1. The Morgan fingerprint density at radius 3 is 1.09 bits per heavy atom. The monoisotopic (exact) mass is 1090 g/mol. The fraction of sp³-hybridized carbons (Fsp3) is 0.350. The molecule has 0 aromatic heterocycles. The summed E-state index contributed by atoms with van der Waals surface area (Å²) in [5.41, 5.74) is 3.33.